The van der Waals surface area contributed by atoms with Crippen molar-refractivity contribution in [2.75, 3.05) is 18.5 Å². The summed E-state index contributed by atoms with van der Waals surface area (Å²) in [6.45, 7) is 3.61. The van der Waals surface area contributed by atoms with Crippen LogP contribution < -0.4 is 4.90 Å². The molecule has 0 radical (unpaired) electrons. The molecule has 1 aliphatic rings. The average Bonchev–Trinajstić information content (AvgIpc) is 2.14. The summed E-state index contributed by atoms with van der Waals surface area (Å²) in [5.41, 5.74) is 0.182. The third kappa shape index (κ3) is 1.34. The van der Waals surface area contributed by atoms with E-state index in [4.69, 9.17) is 0 Å². The number of nitrogens with zero attached hydrogens (tertiary/aromatic N) is 1. The van der Waals surface area contributed by atoms with Crippen LogP contribution in [0.25, 0.3) is 0 Å². The van der Waals surface area contributed by atoms with Crippen molar-refractivity contribution < 1.29 is 12.8 Å². The van der Waals surface area contributed by atoms with Crippen LogP contribution in [0.3, 0.4) is 0 Å². The highest BCUT2D eigenvalue weighted by molar-refractivity contribution is 7.93. The number of hydrogen-bond acceptors (Lipinski definition) is 3. The van der Waals surface area contributed by atoms with Crippen LogP contribution in [-0.2, 0) is 9.84 Å². The molecule has 2 rings (SSSR count). The zero-order valence-corrected chi connectivity index (χ0v) is 10.3. The predicted molar refractivity (Wildman–Crippen MR) is 60.9 cm³/mol. The molecule has 0 saturated carbocycles. The summed E-state index contributed by atoms with van der Waals surface area (Å²) < 4.78 is 37.2. The standard InChI is InChI=1S/C11H14FNO2S/c1-11(2)7-13(3)10-8(12)5-4-6-9(10)16(11,14)15/h4-6H,7H2,1-3H3. The molecule has 0 bridgehead atoms. The molecule has 1 aliphatic heterocycles. The van der Waals surface area contributed by atoms with Crippen LogP contribution in [0.1, 0.15) is 13.8 Å². The molecule has 0 fully saturated rings. The Bertz CT molecular complexity index is 537. The highest BCUT2D eigenvalue weighted by Crippen LogP contribution is 2.39. The van der Waals surface area contributed by atoms with E-state index in [2.05, 4.69) is 0 Å². The maximum atomic E-state index is 13.6. The van der Waals surface area contributed by atoms with E-state index in [9.17, 15) is 12.8 Å². The van der Waals surface area contributed by atoms with Gasteiger partial charge in [0.15, 0.2) is 9.84 Å². The maximum absolute atomic E-state index is 13.6. The van der Waals surface area contributed by atoms with E-state index < -0.39 is 20.4 Å². The summed E-state index contributed by atoms with van der Waals surface area (Å²) >= 11 is 0. The molecule has 16 heavy (non-hydrogen) atoms. The summed E-state index contributed by atoms with van der Waals surface area (Å²) in [6.07, 6.45) is 0. The van der Waals surface area contributed by atoms with E-state index >= 15 is 0 Å². The molecule has 0 spiro atoms. The molecule has 0 N–H and O–H groups in total. The summed E-state index contributed by atoms with van der Waals surface area (Å²) in [7, 11) is -1.75. The number of halogens is 1. The Labute approximate surface area is 94.8 Å². The largest absolute Gasteiger partial charge is 0.370 e. The van der Waals surface area contributed by atoms with Gasteiger partial charge in [-0.25, -0.2) is 12.8 Å². The van der Waals surface area contributed by atoms with Gasteiger partial charge in [0.25, 0.3) is 0 Å². The van der Waals surface area contributed by atoms with Crippen LogP contribution in [0.2, 0.25) is 0 Å². The van der Waals surface area contributed by atoms with E-state index in [1.807, 2.05) is 0 Å². The number of benzene rings is 1. The lowest BCUT2D eigenvalue weighted by Gasteiger charge is -2.38. The van der Waals surface area contributed by atoms with E-state index in [0.29, 0.717) is 6.54 Å². The normalized spacial score (nSPS) is 21.6. The van der Waals surface area contributed by atoms with Crippen molar-refractivity contribution in [2.24, 2.45) is 0 Å². The molecule has 88 valence electrons. The summed E-state index contributed by atoms with van der Waals surface area (Å²) in [6, 6.07) is 4.18. The third-order valence-electron chi connectivity index (χ3n) is 2.97. The molecule has 0 unspecified atom stereocenters. The van der Waals surface area contributed by atoms with Crippen LogP contribution >= 0.6 is 0 Å². The van der Waals surface area contributed by atoms with Gasteiger partial charge in [0.05, 0.1) is 15.3 Å². The van der Waals surface area contributed by atoms with Gasteiger partial charge < -0.3 is 4.90 Å². The summed E-state index contributed by atoms with van der Waals surface area (Å²) in [5.74, 6) is -0.487. The summed E-state index contributed by atoms with van der Waals surface area (Å²) in [5, 5.41) is 0. The lowest BCUT2D eigenvalue weighted by molar-refractivity contribution is 0.526. The van der Waals surface area contributed by atoms with Crippen molar-refractivity contribution in [3.05, 3.63) is 24.0 Å². The number of rotatable bonds is 0. The van der Waals surface area contributed by atoms with E-state index in [0.717, 1.165) is 0 Å². The SMILES string of the molecule is CN1CC(C)(C)S(=O)(=O)c2cccc(F)c21. The van der Waals surface area contributed by atoms with Gasteiger partial charge in [-0.2, -0.15) is 0 Å². The monoisotopic (exact) mass is 243 g/mol. The van der Waals surface area contributed by atoms with Crippen molar-refractivity contribution in [3.8, 4) is 0 Å². The molecule has 0 aromatic heterocycles. The zero-order chi connectivity index (χ0) is 12.1. The number of sulfone groups is 1. The Morgan fingerprint density at radius 3 is 2.62 bits per heavy atom. The highest BCUT2D eigenvalue weighted by atomic mass is 32.2. The second-order valence-electron chi connectivity index (χ2n) is 4.71. The number of hydrogen-bond donors (Lipinski definition) is 0. The van der Waals surface area contributed by atoms with E-state index in [1.54, 1.807) is 25.8 Å². The van der Waals surface area contributed by atoms with E-state index in [-0.39, 0.29) is 10.6 Å². The zero-order valence-electron chi connectivity index (χ0n) is 9.49. The molecule has 1 aromatic carbocycles. The first kappa shape index (κ1) is 11.4. The molecule has 5 heteroatoms. The topological polar surface area (TPSA) is 37.4 Å². The fourth-order valence-corrected chi connectivity index (χ4v) is 3.84. The lowest BCUT2D eigenvalue weighted by atomic mass is 10.1. The minimum Gasteiger partial charge on any atom is -0.370 e. The first-order valence-electron chi connectivity index (χ1n) is 5.02. The van der Waals surface area contributed by atoms with Gasteiger partial charge in [0.2, 0.25) is 0 Å². The molecule has 1 aromatic rings. The number of para-hydroxylation sites is 1. The Kier molecular flexibility index (Phi) is 2.28. The van der Waals surface area contributed by atoms with Crippen molar-refractivity contribution in [1.82, 2.24) is 0 Å². The Morgan fingerprint density at radius 1 is 1.38 bits per heavy atom. The molecule has 3 nitrogen and oxygen atoms in total. The van der Waals surface area contributed by atoms with Gasteiger partial charge in [-0.05, 0) is 26.0 Å². The fourth-order valence-electron chi connectivity index (χ4n) is 2.12. The molecule has 0 saturated heterocycles. The van der Waals surface area contributed by atoms with Gasteiger partial charge >= 0.3 is 0 Å². The van der Waals surface area contributed by atoms with Crippen LogP contribution in [-0.4, -0.2) is 26.8 Å². The quantitative estimate of drug-likeness (QED) is 0.697. The Hall–Kier alpha value is -1.10. The van der Waals surface area contributed by atoms with Gasteiger partial charge in [-0.3, -0.25) is 0 Å². The highest BCUT2D eigenvalue weighted by Gasteiger charge is 2.43. The van der Waals surface area contributed by atoms with Crippen LogP contribution in [0.4, 0.5) is 10.1 Å². The second-order valence-corrected chi connectivity index (χ2v) is 7.26. The van der Waals surface area contributed by atoms with Crippen LogP contribution in [0.5, 0.6) is 0 Å². The van der Waals surface area contributed by atoms with Gasteiger partial charge in [0.1, 0.15) is 5.82 Å². The minimum absolute atomic E-state index is 0.0891. The van der Waals surface area contributed by atoms with Gasteiger partial charge in [-0.1, -0.05) is 6.07 Å². The minimum atomic E-state index is -3.46. The van der Waals surface area contributed by atoms with Crippen molar-refractivity contribution >= 4 is 15.5 Å². The first-order chi connectivity index (χ1) is 7.27. The predicted octanol–water partition coefficient (Wildman–Crippen LogP) is 1.83. The average molecular weight is 243 g/mol. The molecular formula is C11H14FNO2S. The van der Waals surface area contributed by atoms with Crippen LogP contribution in [0, 0.1) is 5.82 Å². The maximum Gasteiger partial charge on any atom is 0.187 e. The van der Waals surface area contributed by atoms with Gasteiger partial charge in [-0.15, -0.1) is 0 Å². The number of fused-ring (bicyclic) bond motifs is 1. The smallest absolute Gasteiger partial charge is 0.187 e. The molecule has 0 atom stereocenters. The first-order valence-corrected chi connectivity index (χ1v) is 6.50. The van der Waals surface area contributed by atoms with E-state index in [1.165, 1.54) is 18.2 Å². The molecule has 0 aliphatic carbocycles. The Balaban J connectivity index is 2.80. The number of anilines is 1. The molecule has 1 heterocycles. The van der Waals surface area contributed by atoms with Gasteiger partial charge in [0, 0.05) is 13.6 Å². The van der Waals surface area contributed by atoms with Crippen LogP contribution in [0.15, 0.2) is 23.1 Å². The van der Waals surface area contributed by atoms with Crippen molar-refractivity contribution in [2.45, 2.75) is 23.5 Å². The second kappa shape index (κ2) is 3.20. The Morgan fingerprint density at radius 2 is 2.00 bits per heavy atom. The molecule has 0 amide bonds. The molecular weight excluding hydrogens is 229 g/mol. The lowest BCUT2D eigenvalue weighted by Crippen LogP contribution is -2.47. The third-order valence-corrected chi connectivity index (χ3v) is 5.46. The van der Waals surface area contributed by atoms with Crippen molar-refractivity contribution in [3.63, 3.8) is 0 Å². The summed E-state index contributed by atoms with van der Waals surface area (Å²) in [4.78, 5) is 1.75. The fraction of sp³-hybridized carbons (Fsp3) is 0.455. The van der Waals surface area contributed by atoms with Crippen molar-refractivity contribution in [1.29, 1.82) is 0 Å².